The first-order chi connectivity index (χ1) is 17.8. The molecule has 37 heavy (non-hydrogen) atoms. The fourth-order valence-electron chi connectivity index (χ4n) is 4.30. The van der Waals surface area contributed by atoms with Gasteiger partial charge < -0.3 is 9.88 Å². The van der Waals surface area contributed by atoms with E-state index in [4.69, 9.17) is 11.6 Å². The first-order valence-electron chi connectivity index (χ1n) is 12.0. The molecule has 0 fully saturated rings. The topological polar surface area (TPSA) is 75.5 Å². The summed E-state index contributed by atoms with van der Waals surface area (Å²) in [6.07, 6.45) is 1.68. The summed E-state index contributed by atoms with van der Waals surface area (Å²) in [6, 6.07) is 25.7. The highest BCUT2D eigenvalue weighted by molar-refractivity contribution is 6.31. The van der Waals surface area contributed by atoms with Crippen molar-refractivity contribution < 1.29 is 9.59 Å². The molecule has 0 unspecified atom stereocenters. The van der Waals surface area contributed by atoms with Crippen molar-refractivity contribution in [2.45, 2.75) is 33.2 Å². The molecule has 1 atom stereocenters. The number of amides is 2. The number of aromatic nitrogens is 1. The number of hydrogen-bond acceptors (Lipinski definition) is 3. The van der Waals surface area contributed by atoms with Crippen molar-refractivity contribution in [3.05, 3.63) is 124 Å². The Morgan fingerprint density at radius 2 is 1.62 bits per heavy atom. The SMILES string of the molecule is Cc1c(Cl)cccc1-n1c(C)cc(/C=N\NC(=O)C[C@@H](NC(=O)c2ccccc2)c2ccccc2)c1C. The highest BCUT2D eigenvalue weighted by atomic mass is 35.5. The summed E-state index contributed by atoms with van der Waals surface area (Å²) in [7, 11) is 0. The Hall–Kier alpha value is -4.16. The minimum Gasteiger partial charge on any atom is -0.345 e. The van der Waals surface area contributed by atoms with Crippen LogP contribution >= 0.6 is 11.6 Å². The molecule has 0 aliphatic rings. The third kappa shape index (κ3) is 6.16. The fraction of sp³-hybridized carbons (Fsp3) is 0.167. The Morgan fingerprint density at radius 3 is 2.32 bits per heavy atom. The van der Waals surface area contributed by atoms with Crippen molar-refractivity contribution >= 4 is 29.6 Å². The largest absolute Gasteiger partial charge is 0.345 e. The summed E-state index contributed by atoms with van der Waals surface area (Å²) in [4.78, 5) is 25.6. The standard InChI is InChI=1S/C30H29ClN4O2/c1-20-17-25(22(3)35(20)28-16-10-15-26(31)21(28)2)19-32-34-29(36)18-27(23-11-6-4-7-12-23)33-30(37)24-13-8-5-9-14-24/h4-17,19,27H,18H2,1-3H3,(H,33,37)(H,34,36)/b32-19-/t27-/m1/s1. The van der Waals surface area contributed by atoms with Gasteiger partial charge in [-0.1, -0.05) is 66.2 Å². The summed E-state index contributed by atoms with van der Waals surface area (Å²) in [5.41, 5.74) is 8.88. The average Bonchev–Trinajstić information content (AvgIpc) is 3.18. The summed E-state index contributed by atoms with van der Waals surface area (Å²) >= 11 is 6.33. The van der Waals surface area contributed by atoms with Crippen LogP contribution < -0.4 is 10.7 Å². The molecule has 4 rings (SSSR count). The molecule has 0 saturated heterocycles. The first-order valence-corrected chi connectivity index (χ1v) is 12.4. The smallest absolute Gasteiger partial charge is 0.251 e. The lowest BCUT2D eigenvalue weighted by Crippen LogP contribution is -2.32. The Bertz CT molecular complexity index is 1430. The molecule has 188 valence electrons. The maximum Gasteiger partial charge on any atom is 0.251 e. The molecule has 0 saturated carbocycles. The second kappa shape index (κ2) is 11.7. The third-order valence-electron chi connectivity index (χ3n) is 6.28. The average molecular weight is 513 g/mol. The highest BCUT2D eigenvalue weighted by Gasteiger charge is 2.19. The van der Waals surface area contributed by atoms with E-state index in [2.05, 4.69) is 20.4 Å². The third-order valence-corrected chi connectivity index (χ3v) is 6.69. The van der Waals surface area contributed by atoms with Crippen LogP contribution in [0.3, 0.4) is 0 Å². The maximum atomic E-state index is 12.8. The lowest BCUT2D eigenvalue weighted by Gasteiger charge is -2.18. The zero-order valence-corrected chi connectivity index (χ0v) is 21.8. The minimum absolute atomic E-state index is 0.0423. The van der Waals surface area contributed by atoms with Gasteiger partial charge in [0.05, 0.1) is 18.7 Å². The van der Waals surface area contributed by atoms with E-state index in [0.717, 1.165) is 33.8 Å². The normalized spacial score (nSPS) is 11.9. The van der Waals surface area contributed by atoms with Gasteiger partial charge in [-0.3, -0.25) is 9.59 Å². The van der Waals surface area contributed by atoms with Gasteiger partial charge in [-0.15, -0.1) is 0 Å². The number of halogens is 1. The van der Waals surface area contributed by atoms with Gasteiger partial charge in [-0.2, -0.15) is 5.10 Å². The van der Waals surface area contributed by atoms with E-state index >= 15 is 0 Å². The van der Waals surface area contributed by atoms with Crippen molar-refractivity contribution in [3.63, 3.8) is 0 Å². The maximum absolute atomic E-state index is 12.8. The van der Waals surface area contributed by atoms with Crippen LogP contribution in [-0.4, -0.2) is 22.6 Å². The van der Waals surface area contributed by atoms with E-state index in [1.165, 1.54) is 0 Å². The van der Waals surface area contributed by atoms with Gasteiger partial charge in [0.1, 0.15) is 0 Å². The molecular formula is C30H29ClN4O2. The quantitative estimate of drug-likeness (QED) is 0.222. The van der Waals surface area contributed by atoms with Crippen molar-refractivity contribution in [3.8, 4) is 5.69 Å². The number of benzene rings is 3. The molecule has 0 spiro atoms. The van der Waals surface area contributed by atoms with Gasteiger partial charge in [-0.25, -0.2) is 5.43 Å². The van der Waals surface area contributed by atoms with Crippen molar-refractivity contribution in [2.75, 3.05) is 0 Å². The molecule has 3 aromatic carbocycles. The van der Waals surface area contributed by atoms with Crippen LogP contribution in [0.1, 0.15) is 50.9 Å². The molecule has 0 aliphatic carbocycles. The van der Waals surface area contributed by atoms with E-state index in [1.54, 1.807) is 30.5 Å². The number of aryl methyl sites for hydroxylation is 1. The zero-order chi connectivity index (χ0) is 26.4. The van der Waals surface area contributed by atoms with Crippen LogP contribution in [-0.2, 0) is 4.79 Å². The second-order valence-electron chi connectivity index (χ2n) is 8.85. The number of nitrogens with one attached hydrogen (secondary N) is 2. The molecule has 0 bridgehead atoms. The Labute approximate surface area is 222 Å². The molecule has 6 nitrogen and oxygen atoms in total. The van der Waals surface area contributed by atoms with Gasteiger partial charge in [0.2, 0.25) is 5.91 Å². The summed E-state index contributed by atoms with van der Waals surface area (Å²) in [5.74, 6) is -0.549. The molecule has 1 aromatic heterocycles. The minimum atomic E-state index is -0.500. The number of rotatable bonds is 8. The van der Waals surface area contributed by atoms with Crippen molar-refractivity contribution in [1.29, 1.82) is 0 Å². The van der Waals surface area contributed by atoms with E-state index in [-0.39, 0.29) is 18.2 Å². The summed E-state index contributed by atoms with van der Waals surface area (Å²) in [6.45, 7) is 6.01. The van der Waals surface area contributed by atoms with Gasteiger partial charge in [-0.05, 0) is 62.2 Å². The lowest BCUT2D eigenvalue weighted by molar-refractivity contribution is -0.121. The van der Waals surface area contributed by atoms with Crippen LogP contribution in [0, 0.1) is 20.8 Å². The first kappa shape index (κ1) is 25.9. The Morgan fingerprint density at radius 1 is 0.946 bits per heavy atom. The number of nitrogens with zero attached hydrogens (tertiary/aromatic N) is 2. The number of hydrazone groups is 1. The molecule has 4 aromatic rings. The number of carbonyl (C=O) groups is 2. The number of hydrogen-bond donors (Lipinski definition) is 2. The Balaban J connectivity index is 1.47. The van der Waals surface area contributed by atoms with E-state index in [0.29, 0.717) is 10.6 Å². The van der Waals surface area contributed by atoms with Crippen molar-refractivity contribution in [1.82, 2.24) is 15.3 Å². The van der Waals surface area contributed by atoms with E-state index in [1.807, 2.05) is 81.4 Å². The monoisotopic (exact) mass is 512 g/mol. The summed E-state index contributed by atoms with van der Waals surface area (Å²) < 4.78 is 2.12. The molecule has 2 amide bonds. The Kier molecular flexibility index (Phi) is 8.21. The van der Waals surface area contributed by atoms with Gasteiger partial charge >= 0.3 is 0 Å². The number of carbonyl (C=O) groups excluding carboxylic acids is 2. The van der Waals surface area contributed by atoms with Crippen molar-refractivity contribution in [2.24, 2.45) is 5.10 Å². The van der Waals surface area contributed by atoms with Gasteiger partial charge in [0, 0.05) is 33.2 Å². The van der Waals surface area contributed by atoms with Crippen LogP contribution in [0.2, 0.25) is 5.02 Å². The highest BCUT2D eigenvalue weighted by Crippen LogP contribution is 2.26. The predicted octanol–water partition coefficient (Wildman–Crippen LogP) is 6.07. The lowest BCUT2D eigenvalue weighted by atomic mass is 10.0. The molecule has 0 aliphatic heterocycles. The predicted molar refractivity (Wildman–Crippen MR) is 148 cm³/mol. The van der Waals surface area contributed by atoms with E-state index in [9.17, 15) is 9.59 Å². The molecule has 2 N–H and O–H groups in total. The zero-order valence-electron chi connectivity index (χ0n) is 21.0. The van der Waals surface area contributed by atoms with Crippen LogP contribution in [0.4, 0.5) is 0 Å². The molecule has 1 heterocycles. The van der Waals surface area contributed by atoms with Crippen LogP contribution in [0.15, 0.2) is 90.0 Å². The summed E-state index contributed by atoms with van der Waals surface area (Å²) in [5, 5.41) is 7.88. The van der Waals surface area contributed by atoms with E-state index < -0.39 is 6.04 Å². The molecule has 7 heteroatoms. The second-order valence-corrected chi connectivity index (χ2v) is 9.25. The van der Waals surface area contributed by atoms with Crippen LogP contribution in [0.25, 0.3) is 5.69 Å². The van der Waals surface area contributed by atoms with Gasteiger partial charge in [0.15, 0.2) is 0 Å². The van der Waals surface area contributed by atoms with Gasteiger partial charge in [0.25, 0.3) is 5.91 Å². The fourth-order valence-corrected chi connectivity index (χ4v) is 4.47. The molecular weight excluding hydrogens is 484 g/mol. The van der Waals surface area contributed by atoms with Crippen LogP contribution in [0.5, 0.6) is 0 Å². The molecule has 0 radical (unpaired) electrons.